The molecule has 156 valence electrons. The molecule has 0 radical (unpaired) electrons. The van der Waals surface area contributed by atoms with Crippen LogP contribution in [0.2, 0.25) is 5.02 Å². The standard InChI is InChI=1S/C24H31ClN2O2/c1-13-14(2)26-23-19(13)21(17-9-11-18(25)12-10-17)20(15(3)27-23)22(16(4)28-8)29-24(5,6)7/h9-12,16,22H,1-8H3,(H,26,27). The van der Waals surface area contributed by atoms with Gasteiger partial charge in [0, 0.05) is 40.0 Å². The molecule has 0 spiro atoms. The second kappa shape index (κ2) is 8.10. The summed E-state index contributed by atoms with van der Waals surface area (Å²) in [6, 6.07) is 7.98. The van der Waals surface area contributed by atoms with Crippen LogP contribution in [0, 0.1) is 20.8 Å². The number of aromatic amines is 1. The number of aromatic nitrogens is 2. The van der Waals surface area contributed by atoms with Gasteiger partial charge in [-0.05, 0) is 71.7 Å². The number of H-pyrrole nitrogens is 1. The van der Waals surface area contributed by atoms with Crippen molar-refractivity contribution in [3.63, 3.8) is 0 Å². The molecular weight excluding hydrogens is 384 g/mol. The minimum atomic E-state index is -0.334. The smallest absolute Gasteiger partial charge is 0.138 e. The van der Waals surface area contributed by atoms with E-state index in [-0.39, 0.29) is 17.8 Å². The zero-order valence-corrected chi connectivity index (χ0v) is 19.4. The molecular formula is C24H31ClN2O2. The highest BCUT2D eigenvalue weighted by molar-refractivity contribution is 6.30. The van der Waals surface area contributed by atoms with Crippen LogP contribution in [0.4, 0.5) is 0 Å². The number of hydrogen-bond acceptors (Lipinski definition) is 3. The molecule has 2 heterocycles. The summed E-state index contributed by atoms with van der Waals surface area (Å²) in [7, 11) is 1.72. The fourth-order valence-corrected chi connectivity index (χ4v) is 3.92. The van der Waals surface area contributed by atoms with Gasteiger partial charge in [-0.15, -0.1) is 0 Å². The summed E-state index contributed by atoms with van der Waals surface area (Å²) in [4.78, 5) is 8.35. The van der Waals surface area contributed by atoms with Crippen LogP contribution < -0.4 is 0 Å². The molecule has 0 aliphatic carbocycles. The summed E-state index contributed by atoms with van der Waals surface area (Å²) in [6.07, 6.45) is -0.407. The SMILES string of the molecule is COC(C)C(OC(C)(C)C)c1c(C)nc2[nH]c(C)c(C)c2c1-c1ccc(Cl)cc1. The zero-order chi connectivity index (χ0) is 21.5. The van der Waals surface area contributed by atoms with Gasteiger partial charge in [-0.25, -0.2) is 4.98 Å². The molecule has 0 aliphatic heterocycles. The Morgan fingerprint density at radius 3 is 2.24 bits per heavy atom. The molecule has 29 heavy (non-hydrogen) atoms. The quantitative estimate of drug-likeness (QED) is 0.505. The predicted molar refractivity (Wildman–Crippen MR) is 121 cm³/mol. The van der Waals surface area contributed by atoms with Crippen molar-refractivity contribution >= 4 is 22.6 Å². The molecule has 2 atom stereocenters. The lowest BCUT2D eigenvalue weighted by Gasteiger charge is -2.33. The Morgan fingerprint density at radius 1 is 1.07 bits per heavy atom. The number of ether oxygens (including phenoxy) is 2. The third-order valence-corrected chi connectivity index (χ3v) is 5.62. The number of halogens is 1. The number of benzene rings is 1. The fourth-order valence-electron chi connectivity index (χ4n) is 3.79. The summed E-state index contributed by atoms with van der Waals surface area (Å²) in [5.41, 5.74) is 7.08. The first-order valence-corrected chi connectivity index (χ1v) is 10.4. The lowest BCUT2D eigenvalue weighted by molar-refractivity contribution is -0.118. The molecule has 3 rings (SSSR count). The van der Waals surface area contributed by atoms with Crippen LogP contribution in [0.25, 0.3) is 22.2 Å². The Bertz CT molecular complexity index is 1020. The van der Waals surface area contributed by atoms with Gasteiger partial charge < -0.3 is 14.5 Å². The Kier molecular flexibility index (Phi) is 6.09. The third kappa shape index (κ3) is 4.35. The largest absolute Gasteiger partial charge is 0.379 e. The molecule has 5 heteroatoms. The molecule has 0 saturated heterocycles. The number of methoxy groups -OCH3 is 1. The second-order valence-corrected chi connectivity index (χ2v) is 9.12. The van der Waals surface area contributed by atoms with E-state index in [1.807, 2.05) is 26.0 Å². The predicted octanol–water partition coefficient (Wildman–Crippen LogP) is 6.70. The first-order chi connectivity index (χ1) is 13.5. The molecule has 0 saturated carbocycles. The highest BCUT2D eigenvalue weighted by atomic mass is 35.5. The average molecular weight is 415 g/mol. The fraction of sp³-hybridized carbons (Fsp3) is 0.458. The van der Waals surface area contributed by atoms with E-state index in [9.17, 15) is 0 Å². The van der Waals surface area contributed by atoms with Crippen molar-refractivity contribution in [2.75, 3.05) is 7.11 Å². The maximum absolute atomic E-state index is 6.54. The maximum Gasteiger partial charge on any atom is 0.138 e. The summed E-state index contributed by atoms with van der Waals surface area (Å²) in [6.45, 7) is 14.5. The topological polar surface area (TPSA) is 47.1 Å². The minimum absolute atomic E-state index is 0.140. The molecule has 0 bridgehead atoms. The lowest BCUT2D eigenvalue weighted by Crippen LogP contribution is -2.30. The summed E-state index contributed by atoms with van der Waals surface area (Å²) >= 11 is 6.18. The molecule has 1 aromatic carbocycles. The van der Waals surface area contributed by atoms with Crippen LogP contribution >= 0.6 is 11.6 Å². The van der Waals surface area contributed by atoms with Gasteiger partial charge in [-0.2, -0.15) is 0 Å². The Labute approximate surface area is 178 Å². The number of nitrogens with zero attached hydrogens (tertiary/aromatic N) is 1. The van der Waals surface area contributed by atoms with Gasteiger partial charge >= 0.3 is 0 Å². The van der Waals surface area contributed by atoms with E-state index in [0.29, 0.717) is 5.02 Å². The van der Waals surface area contributed by atoms with Crippen LogP contribution in [0.5, 0.6) is 0 Å². The molecule has 0 amide bonds. The van der Waals surface area contributed by atoms with Crippen molar-refractivity contribution in [2.24, 2.45) is 0 Å². The van der Waals surface area contributed by atoms with Crippen molar-refractivity contribution in [2.45, 2.75) is 66.3 Å². The Hall–Kier alpha value is -1.88. The first kappa shape index (κ1) is 21.8. The van der Waals surface area contributed by atoms with Crippen molar-refractivity contribution in [1.29, 1.82) is 0 Å². The normalized spacial score (nSPS) is 14.4. The highest BCUT2D eigenvalue weighted by Crippen LogP contribution is 2.42. The number of nitrogens with one attached hydrogen (secondary N) is 1. The van der Waals surface area contributed by atoms with Crippen LogP contribution in [0.1, 0.15) is 56.3 Å². The summed E-state index contributed by atoms with van der Waals surface area (Å²) in [5.74, 6) is 0. The summed E-state index contributed by atoms with van der Waals surface area (Å²) in [5, 5.41) is 1.84. The third-order valence-electron chi connectivity index (χ3n) is 5.36. The highest BCUT2D eigenvalue weighted by Gasteiger charge is 2.32. The van der Waals surface area contributed by atoms with Gasteiger partial charge in [0.25, 0.3) is 0 Å². The molecule has 0 aliphatic rings. The van der Waals surface area contributed by atoms with E-state index < -0.39 is 0 Å². The molecule has 1 N–H and O–H groups in total. The van der Waals surface area contributed by atoms with E-state index in [1.54, 1.807) is 7.11 Å². The van der Waals surface area contributed by atoms with Gasteiger partial charge in [0.1, 0.15) is 11.8 Å². The Balaban J connectivity index is 2.41. The molecule has 2 aromatic heterocycles. The van der Waals surface area contributed by atoms with Crippen LogP contribution in [-0.2, 0) is 9.47 Å². The molecule has 2 unspecified atom stereocenters. The first-order valence-electron chi connectivity index (χ1n) is 9.99. The number of hydrogen-bond donors (Lipinski definition) is 1. The van der Waals surface area contributed by atoms with Gasteiger partial charge in [-0.3, -0.25) is 0 Å². The zero-order valence-electron chi connectivity index (χ0n) is 18.6. The van der Waals surface area contributed by atoms with Gasteiger partial charge in [0.05, 0.1) is 11.7 Å². The van der Waals surface area contributed by atoms with Crippen LogP contribution in [0.3, 0.4) is 0 Å². The lowest BCUT2D eigenvalue weighted by atomic mass is 9.89. The van der Waals surface area contributed by atoms with E-state index in [1.165, 1.54) is 5.56 Å². The number of rotatable bonds is 5. The maximum atomic E-state index is 6.54. The van der Waals surface area contributed by atoms with E-state index in [0.717, 1.165) is 39.1 Å². The average Bonchev–Trinajstić information content (AvgIpc) is 2.92. The van der Waals surface area contributed by atoms with E-state index in [4.69, 9.17) is 26.1 Å². The number of pyridine rings is 1. The van der Waals surface area contributed by atoms with E-state index >= 15 is 0 Å². The van der Waals surface area contributed by atoms with Crippen molar-refractivity contribution < 1.29 is 9.47 Å². The monoisotopic (exact) mass is 414 g/mol. The van der Waals surface area contributed by atoms with Crippen molar-refractivity contribution in [3.05, 3.63) is 51.8 Å². The van der Waals surface area contributed by atoms with Crippen molar-refractivity contribution in [3.8, 4) is 11.1 Å². The second-order valence-electron chi connectivity index (χ2n) is 8.68. The minimum Gasteiger partial charge on any atom is -0.379 e. The summed E-state index contributed by atoms with van der Waals surface area (Å²) < 4.78 is 12.3. The Morgan fingerprint density at radius 2 is 1.69 bits per heavy atom. The number of aryl methyl sites for hydroxylation is 3. The molecule has 3 aromatic rings. The van der Waals surface area contributed by atoms with Gasteiger partial charge in [-0.1, -0.05) is 23.7 Å². The number of fused-ring (bicyclic) bond motifs is 1. The molecule has 4 nitrogen and oxygen atoms in total. The van der Waals surface area contributed by atoms with Crippen LogP contribution in [0.15, 0.2) is 24.3 Å². The van der Waals surface area contributed by atoms with E-state index in [2.05, 4.69) is 51.7 Å². The van der Waals surface area contributed by atoms with Gasteiger partial charge in [0.2, 0.25) is 0 Å². The van der Waals surface area contributed by atoms with Gasteiger partial charge in [0.15, 0.2) is 0 Å². The molecule has 0 fully saturated rings. The van der Waals surface area contributed by atoms with Crippen LogP contribution in [-0.4, -0.2) is 28.8 Å². The van der Waals surface area contributed by atoms with Crippen molar-refractivity contribution in [1.82, 2.24) is 9.97 Å².